The van der Waals surface area contributed by atoms with Crippen LogP contribution in [0.25, 0.3) is 11.0 Å². The molecule has 31 heavy (non-hydrogen) atoms. The molecule has 0 saturated heterocycles. The Morgan fingerprint density at radius 3 is 2.26 bits per heavy atom. The molecule has 0 atom stereocenters. The Morgan fingerprint density at radius 2 is 1.58 bits per heavy atom. The minimum absolute atomic E-state index is 0.0688. The van der Waals surface area contributed by atoms with Crippen LogP contribution >= 0.6 is 0 Å². The van der Waals surface area contributed by atoms with Gasteiger partial charge in [0, 0.05) is 6.54 Å². The van der Waals surface area contributed by atoms with Crippen molar-refractivity contribution < 1.29 is 12.8 Å². The van der Waals surface area contributed by atoms with E-state index in [-0.39, 0.29) is 17.4 Å². The minimum Gasteiger partial charge on any atom is -0.330 e. The fourth-order valence-electron chi connectivity index (χ4n) is 3.68. The molecule has 0 N–H and O–H groups in total. The van der Waals surface area contributed by atoms with Gasteiger partial charge >= 0.3 is 0 Å². The predicted octanol–water partition coefficient (Wildman–Crippen LogP) is 4.25. The zero-order chi connectivity index (χ0) is 21.6. The lowest BCUT2D eigenvalue weighted by atomic mass is 10.2. The second kappa shape index (κ2) is 7.31. The first-order valence-electron chi connectivity index (χ1n) is 9.77. The summed E-state index contributed by atoms with van der Waals surface area (Å²) >= 11 is 0. The van der Waals surface area contributed by atoms with Crippen LogP contribution in [0.3, 0.4) is 0 Å². The van der Waals surface area contributed by atoms with Gasteiger partial charge in [0.1, 0.15) is 12.5 Å². The summed E-state index contributed by atoms with van der Waals surface area (Å²) in [5.41, 5.74) is 3.00. The maximum absolute atomic E-state index is 13.5. The van der Waals surface area contributed by atoms with Gasteiger partial charge in [-0.3, -0.25) is 0 Å². The highest BCUT2D eigenvalue weighted by Crippen LogP contribution is 2.38. The molecule has 5 rings (SSSR count). The highest BCUT2D eigenvalue weighted by molar-refractivity contribution is 7.92. The Morgan fingerprint density at radius 1 is 0.903 bits per heavy atom. The van der Waals surface area contributed by atoms with E-state index in [1.165, 1.54) is 16.4 Å². The average molecular weight is 434 g/mol. The van der Waals surface area contributed by atoms with Crippen LogP contribution in [0, 0.1) is 12.7 Å². The molecule has 3 aromatic carbocycles. The van der Waals surface area contributed by atoms with Crippen LogP contribution in [-0.4, -0.2) is 25.1 Å². The maximum Gasteiger partial charge on any atom is 0.267 e. The van der Waals surface area contributed by atoms with E-state index in [9.17, 15) is 12.8 Å². The second-order valence-electron chi connectivity index (χ2n) is 7.50. The van der Waals surface area contributed by atoms with E-state index in [0.717, 1.165) is 11.1 Å². The summed E-state index contributed by atoms with van der Waals surface area (Å²) in [4.78, 5) is 11.4. The van der Waals surface area contributed by atoms with Crippen LogP contribution in [-0.2, 0) is 16.6 Å². The number of rotatable bonds is 4. The Hall–Kier alpha value is -3.52. The van der Waals surface area contributed by atoms with Crippen LogP contribution < -0.4 is 9.21 Å². The van der Waals surface area contributed by atoms with Crippen molar-refractivity contribution in [3.63, 3.8) is 0 Å². The third kappa shape index (κ3) is 3.48. The topological polar surface area (TPSA) is 66.4 Å². The monoisotopic (exact) mass is 434 g/mol. The lowest BCUT2D eigenvalue weighted by Crippen LogP contribution is -2.35. The molecule has 1 aromatic heterocycles. The van der Waals surface area contributed by atoms with Gasteiger partial charge in [-0.2, -0.15) is 0 Å². The van der Waals surface area contributed by atoms with E-state index in [2.05, 4.69) is 4.98 Å². The molecule has 1 aliphatic rings. The van der Waals surface area contributed by atoms with Crippen molar-refractivity contribution in [2.45, 2.75) is 18.4 Å². The normalized spacial score (nSPS) is 13.6. The Balaban J connectivity index is 1.62. The number of para-hydroxylation sites is 2. The number of hydrogen-bond donors (Lipinski definition) is 0. The third-order valence-electron chi connectivity index (χ3n) is 5.23. The molecule has 6 nitrogen and oxygen atoms in total. The summed E-state index contributed by atoms with van der Waals surface area (Å²) in [6.45, 7) is 2.30. The Labute approximate surface area is 179 Å². The van der Waals surface area contributed by atoms with Gasteiger partial charge in [0.15, 0.2) is 11.6 Å². The van der Waals surface area contributed by atoms with Gasteiger partial charge in [0.2, 0.25) is 0 Å². The molecule has 0 amide bonds. The highest BCUT2D eigenvalue weighted by atomic mass is 32.2. The summed E-state index contributed by atoms with van der Waals surface area (Å²) < 4.78 is 41.6. The molecule has 4 aromatic rings. The molecule has 8 heteroatoms. The van der Waals surface area contributed by atoms with Gasteiger partial charge in [-0.15, -0.1) is 0 Å². The predicted molar refractivity (Wildman–Crippen MR) is 118 cm³/mol. The smallest absolute Gasteiger partial charge is 0.267 e. The van der Waals surface area contributed by atoms with E-state index in [4.69, 9.17) is 4.98 Å². The van der Waals surface area contributed by atoms with Crippen molar-refractivity contribution in [2.24, 2.45) is 0 Å². The number of sulfonamides is 1. The van der Waals surface area contributed by atoms with Gasteiger partial charge in [0.25, 0.3) is 10.0 Å². The molecule has 0 spiro atoms. The number of nitrogens with zero attached hydrogens (tertiary/aromatic N) is 4. The molecular formula is C23H19FN4O2S. The first-order chi connectivity index (χ1) is 14.9. The number of aryl methyl sites for hydroxylation is 1. The van der Waals surface area contributed by atoms with Crippen LogP contribution in [0.5, 0.6) is 0 Å². The standard InChI is InChI=1S/C23H19FN4O2S/c1-16-5-4-6-19(13-16)31(29,30)28-15-27(14-17-9-11-18(24)12-10-17)22-23(28)26-21-8-3-2-7-20(21)25-22/h2-13H,14-15H2,1H3. The summed E-state index contributed by atoms with van der Waals surface area (Å²) in [5.74, 6) is 0.460. The van der Waals surface area contributed by atoms with Gasteiger partial charge in [-0.1, -0.05) is 36.4 Å². The number of aromatic nitrogens is 2. The van der Waals surface area contributed by atoms with Gasteiger partial charge in [-0.25, -0.2) is 27.1 Å². The molecule has 0 bridgehead atoms. The quantitative estimate of drug-likeness (QED) is 0.480. The molecule has 0 radical (unpaired) electrons. The van der Waals surface area contributed by atoms with E-state index >= 15 is 0 Å². The van der Waals surface area contributed by atoms with E-state index < -0.39 is 10.0 Å². The summed E-state index contributed by atoms with van der Waals surface area (Å²) in [6.07, 6.45) is 0. The average Bonchev–Trinajstić information content (AvgIpc) is 3.12. The van der Waals surface area contributed by atoms with Crippen LogP contribution in [0.2, 0.25) is 0 Å². The zero-order valence-electron chi connectivity index (χ0n) is 16.7. The zero-order valence-corrected chi connectivity index (χ0v) is 17.6. The van der Waals surface area contributed by atoms with Crippen LogP contribution in [0.4, 0.5) is 16.0 Å². The van der Waals surface area contributed by atoms with E-state index in [1.54, 1.807) is 30.3 Å². The van der Waals surface area contributed by atoms with Gasteiger partial charge < -0.3 is 4.90 Å². The summed E-state index contributed by atoms with van der Waals surface area (Å²) in [5, 5.41) is 0. The second-order valence-corrected chi connectivity index (χ2v) is 9.36. The van der Waals surface area contributed by atoms with Gasteiger partial charge in [-0.05, 0) is 54.4 Å². The summed E-state index contributed by atoms with van der Waals surface area (Å²) in [6, 6.07) is 20.3. The number of benzene rings is 3. The van der Waals surface area contributed by atoms with Crippen molar-refractivity contribution in [2.75, 3.05) is 15.9 Å². The van der Waals surface area contributed by atoms with Crippen LogP contribution in [0.15, 0.2) is 77.7 Å². The molecule has 1 aliphatic heterocycles. The summed E-state index contributed by atoms with van der Waals surface area (Å²) in [7, 11) is -3.85. The molecular weight excluding hydrogens is 415 g/mol. The Bertz CT molecular complexity index is 1390. The fourth-order valence-corrected chi connectivity index (χ4v) is 5.16. The molecule has 156 valence electrons. The van der Waals surface area contributed by atoms with Crippen molar-refractivity contribution >= 4 is 32.7 Å². The fraction of sp³-hybridized carbons (Fsp3) is 0.130. The highest BCUT2D eigenvalue weighted by Gasteiger charge is 2.38. The van der Waals surface area contributed by atoms with Crippen molar-refractivity contribution in [3.8, 4) is 0 Å². The van der Waals surface area contributed by atoms with E-state index in [0.29, 0.717) is 29.2 Å². The number of halogens is 1. The van der Waals surface area contributed by atoms with E-state index in [1.807, 2.05) is 42.2 Å². The van der Waals surface area contributed by atoms with Crippen LogP contribution in [0.1, 0.15) is 11.1 Å². The first kappa shape index (κ1) is 19.4. The Kier molecular flexibility index (Phi) is 4.59. The van der Waals surface area contributed by atoms with Crippen molar-refractivity contribution in [1.82, 2.24) is 9.97 Å². The lowest BCUT2D eigenvalue weighted by molar-refractivity contribution is 0.590. The number of fused-ring (bicyclic) bond motifs is 2. The van der Waals surface area contributed by atoms with Gasteiger partial charge in [0.05, 0.1) is 15.9 Å². The third-order valence-corrected chi connectivity index (χ3v) is 6.95. The molecule has 2 heterocycles. The first-order valence-corrected chi connectivity index (χ1v) is 11.2. The minimum atomic E-state index is -3.85. The molecule has 0 unspecified atom stereocenters. The van der Waals surface area contributed by atoms with Crippen molar-refractivity contribution in [3.05, 3.63) is 89.7 Å². The molecule has 0 aliphatic carbocycles. The maximum atomic E-state index is 13.5. The number of hydrogen-bond acceptors (Lipinski definition) is 5. The molecule has 0 saturated carbocycles. The van der Waals surface area contributed by atoms with Crippen molar-refractivity contribution in [1.29, 1.82) is 0 Å². The lowest BCUT2D eigenvalue weighted by Gasteiger charge is -2.21. The number of anilines is 2. The SMILES string of the molecule is Cc1cccc(S(=O)(=O)N2CN(Cc3ccc(F)cc3)c3nc4ccccc4nc32)c1. The molecule has 0 fully saturated rings. The largest absolute Gasteiger partial charge is 0.330 e.